The molecule has 0 amide bonds. The van der Waals surface area contributed by atoms with E-state index in [0.717, 1.165) is 38.5 Å². The van der Waals surface area contributed by atoms with Crippen LogP contribution >= 0.6 is 0 Å². The molecule has 0 radical (unpaired) electrons. The lowest BCUT2D eigenvalue weighted by Crippen LogP contribution is -2.34. The van der Waals surface area contributed by atoms with Gasteiger partial charge in [-0.15, -0.1) is 0 Å². The summed E-state index contributed by atoms with van der Waals surface area (Å²) in [5.74, 6) is -0.534. The molecule has 1 aromatic carbocycles. The van der Waals surface area contributed by atoms with E-state index in [1.807, 2.05) is 0 Å². The number of hydrogen-bond donors (Lipinski definition) is 1. The van der Waals surface area contributed by atoms with Crippen LogP contribution in [0.3, 0.4) is 0 Å². The molecule has 1 aromatic rings. The average Bonchev–Trinajstić information content (AvgIpc) is 2.44. The summed E-state index contributed by atoms with van der Waals surface area (Å²) in [6.45, 7) is 4.22. The second-order valence-corrected chi connectivity index (χ2v) is 5.07. The number of ether oxygens (including phenoxy) is 1. The van der Waals surface area contributed by atoms with Crippen molar-refractivity contribution in [3.63, 3.8) is 0 Å². The highest BCUT2D eigenvalue weighted by Crippen LogP contribution is 2.30. The van der Waals surface area contributed by atoms with Gasteiger partial charge >= 0.3 is 0 Å². The van der Waals surface area contributed by atoms with Gasteiger partial charge in [-0.25, -0.2) is 8.78 Å². The lowest BCUT2D eigenvalue weighted by Gasteiger charge is -2.31. The Kier molecular flexibility index (Phi) is 5.28. The molecule has 0 spiro atoms. The van der Waals surface area contributed by atoms with Gasteiger partial charge in [0.2, 0.25) is 0 Å². The molecule has 2 atom stereocenters. The van der Waals surface area contributed by atoms with Crippen molar-refractivity contribution in [2.24, 2.45) is 5.92 Å². The van der Waals surface area contributed by atoms with Crippen molar-refractivity contribution in [1.29, 1.82) is 0 Å². The Balaban J connectivity index is 2.22. The van der Waals surface area contributed by atoms with Gasteiger partial charge in [-0.3, -0.25) is 0 Å². The van der Waals surface area contributed by atoms with E-state index in [4.69, 9.17) is 4.74 Å². The molecule has 2 rings (SSSR count). The zero-order chi connectivity index (χ0) is 13.7. The highest BCUT2D eigenvalue weighted by atomic mass is 19.1. The third kappa shape index (κ3) is 3.74. The van der Waals surface area contributed by atoms with Crippen LogP contribution in [0.5, 0.6) is 0 Å². The maximum absolute atomic E-state index is 14.0. The second-order valence-electron chi connectivity index (χ2n) is 5.07. The first-order chi connectivity index (χ1) is 9.22. The average molecular weight is 269 g/mol. The minimum absolute atomic E-state index is 0.170. The molecule has 2 nitrogen and oxygen atoms in total. The molecule has 1 N–H and O–H groups in total. The molecule has 0 bridgehead atoms. The molecule has 4 heteroatoms. The van der Waals surface area contributed by atoms with E-state index in [0.29, 0.717) is 12.2 Å². The summed E-state index contributed by atoms with van der Waals surface area (Å²) < 4.78 is 32.8. The molecule has 1 heterocycles. The van der Waals surface area contributed by atoms with Crippen LogP contribution in [-0.4, -0.2) is 19.8 Å². The molecular weight excluding hydrogens is 248 g/mol. The number of hydrogen-bond acceptors (Lipinski definition) is 2. The van der Waals surface area contributed by atoms with E-state index in [9.17, 15) is 8.78 Å². The molecule has 1 aliphatic heterocycles. The maximum Gasteiger partial charge on any atom is 0.128 e. The molecule has 1 aliphatic rings. The summed E-state index contributed by atoms with van der Waals surface area (Å²) in [4.78, 5) is 0. The highest BCUT2D eigenvalue weighted by molar-refractivity contribution is 5.23. The summed E-state index contributed by atoms with van der Waals surface area (Å²) in [5, 5.41) is 3.34. The predicted molar refractivity (Wildman–Crippen MR) is 70.9 cm³/mol. The molecule has 0 saturated carbocycles. The fourth-order valence-corrected chi connectivity index (χ4v) is 2.61. The van der Waals surface area contributed by atoms with Gasteiger partial charge in [0.15, 0.2) is 0 Å². The fraction of sp³-hybridized carbons (Fsp3) is 0.600. The van der Waals surface area contributed by atoms with E-state index in [1.165, 1.54) is 12.1 Å². The van der Waals surface area contributed by atoms with E-state index >= 15 is 0 Å². The Morgan fingerprint density at radius 3 is 2.95 bits per heavy atom. The monoisotopic (exact) mass is 269 g/mol. The van der Waals surface area contributed by atoms with Gasteiger partial charge in [0.1, 0.15) is 11.6 Å². The van der Waals surface area contributed by atoms with Crippen LogP contribution < -0.4 is 5.32 Å². The van der Waals surface area contributed by atoms with E-state index < -0.39 is 5.82 Å². The van der Waals surface area contributed by atoms with Crippen molar-refractivity contribution in [1.82, 2.24) is 5.32 Å². The molecule has 0 aliphatic carbocycles. The first-order valence-electron chi connectivity index (χ1n) is 6.98. The summed E-state index contributed by atoms with van der Waals surface area (Å²) >= 11 is 0. The Morgan fingerprint density at radius 1 is 1.42 bits per heavy atom. The van der Waals surface area contributed by atoms with E-state index in [2.05, 4.69) is 12.2 Å². The molecule has 106 valence electrons. The van der Waals surface area contributed by atoms with Gasteiger partial charge in [-0.05, 0) is 44.0 Å². The lowest BCUT2D eigenvalue weighted by molar-refractivity contribution is 0.0384. The van der Waals surface area contributed by atoms with Gasteiger partial charge in [-0.1, -0.05) is 6.92 Å². The normalized spacial score (nSPS) is 21.3. The Bertz CT molecular complexity index is 405. The molecule has 1 saturated heterocycles. The summed E-state index contributed by atoms with van der Waals surface area (Å²) in [7, 11) is 0. The van der Waals surface area contributed by atoms with Gasteiger partial charge in [-0.2, -0.15) is 0 Å². The zero-order valence-electron chi connectivity index (χ0n) is 11.3. The van der Waals surface area contributed by atoms with Crippen molar-refractivity contribution in [3.05, 3.63) is 35.4 Å². The van der Waals surface area contributed by atoms with Crippen LogP contribution in [0.15, 0.2) is 18.2 Å². The molecule has 1 fully saturated rings. The van der Waals surface area contributed by atoms with Crippen molar-refractivity contribution in [2.75, 3.05) is 19.8 Å². The molecule has 0 aromatic heterocycles. The lowest BCUT2D eigenvalue weighted by atomic mass is 9.88. The smallest absolute Gasteiger partial charge is 0.128 e. The van der Waals surface area contributed by atoms with Gasteiger partial charge in [0.25, 0.3) is 0 Å². The minimum atomic E-state index is -0.392. The van der Waals surface area contributed by atoms with Crippen LogP contribution in [0.2, 0.25) is 0 Å². The maximum atomic E-state index is 14.0. The molecule has 2 unspecified atom stereocenters. The third-order valence-corrected chi connectivity index (χ3v) is 3.57. The van der Waals surface area contributed by atoms with Gasteiger partial charge in [0, 0.05) is 24.1 Å². The van der Waals surface area contributed by atoms with E-state index in [-0.39, 0.29) is 17.8 Å². The van der Waals surface area contributed by atoms with Crippen molar-refractivity contribution in [2.45, 2.75) is 32.2 Å². The number of benzene rings is 1. The van der Waals surface area contributed by atoms with Crippen LogP contribution in [-0.2, 0) is 4.74 Å². The third-order valence-electron chi connectivity index (χ3n) is 3.57. The quantitative estimate of drug-likeness (QED) is 0.884. The van der Waals surface area contributed by atoms with Crippen LogP contribution in [0.25, 0.3) is 0 Å². The number of nitrogens with one attached hydrogen (secondary N) is 1. The molecule has 19 heavy (non-hydrogen) atoms. The standard InChI is InChI=1S/C15H21F2NO/c1-2-7-18-15(11-4-3-8-19-10-11)13-9-12(16)5-6-14(13)17/h5-6,9,11,15,18H,2-4,7-8,10H2,1H3. The van der Waals surface area contributed by atoms with E-state index in [1.54, 1.807) is 0 Å². The summed E-state index contributed by atoms with van der Waals surface area (Å²) in [6, 6.07) is 3.50. The van der Waals surface area contributed by atoms with Gasteiger partial charge < -0.3 is 10.1 Å². The Morgan fingerprint density at radius 2 is 2.26 bits per heavy atom. The molecular formula is C15H21F2NO. The first-order valence-corrected chi connectivity index (χ1v) is 6.98. The largest absolute Gasteiger partial charge is 0.381 e. The summed E-state index contributed by atoms with van der Waals surface area (Å²) in [5.41, 5.74) is 0.420. The van der Waals surface area contributed by atoms with Crippen LogP contribution in [0, 0.1) is 17.6 Å². The fourth-order valence-electron chi connectivity index (χ4n) is 2.61. The summed E-state index contributed by atoms with van der Waals surface area (Å²) in [6.07, 6.45) is 2.92. The van der Waals surface area contributed by atoms with Crippen molar-refractivity contribution < 1.29 is 13.5 Å². The second kappa shape index (κ2) is 6.96. The zero-order valence-corrected chi connectivity index (χ0v) is 11.3. The van der Waals surface area contributed by atoms with Crippen LogP contribution in [0.4, 0.5) is 8.78 Å². The minimum Gasteiger partial charge on any atom is -0.381 e. The van der Waals surface area contributed by atoms with Gasteiger partial charge in [0.05, 0.1) is 6.61 Å². The Hall–Kier alpha value is -1.00. The predicted octanol–water partition coefficient (Wildman–Crippen LogP) is 3.43. The SMILES string of the molecule is CCCNC(c1cc(F)ccc1F)C1CCCOC1. The first kappa shape index (κ1) is 14.4. The Labute approximate surface area is 113 Å². The number of halogens is 2. The van der Waals surface area contributed by atoms with Crippen molar-refractivity contribution >= 4 is 0 Å². The van der Waals surface area contributed by atoms with Crippen LogP contribution in [0.1, 0.15) is 37.8 Å². The van der Waals surface area contributed by atoms with Crippen molar-refractivity contribution in [3.8, 4) is 0 Å². The topological polar surface area (TPSA) is 21.3 Å². The number of rotatable bonds is 5. The highest BCUT2D eigenvalue weighted by Gasteiger charge is 2.27.